The first-order valence-electron chi connectivity index (χ1n) is 13.1. The zero-order chi connectivity index (χ0) is 29.4. The van der Waals surface area contributed by atoms with E-state index >= 15 is 0 Å². The van der Waals surface area contributed by atoms with Crippen LogP contribution < -0.4 is 10.2 Å². The Bertz CT molecular complexity index is 1960. The lowest BCUT2D eigenvalue weighted by Gasteiger charge is -2.13. The predicted molar refractivity (Wildman–Crippen MR) is 153 cm³/mol. The number of ether oxygens (including phenoxy) is 1. The van der Waals surface area contributed by atoms with Gasteiger partial charge in [-0.2, -0.15) is 15.3 Å². The molecule has 4 heterocycles. The second kappa shape index (κ2) is 10.8. The molecule has 0 fully saturated rings. The number of nitrogens with one attached hydrogen (secondary N) is 1. The molecule has 11 nitrogen and oxygen atoms in total. The minimum atomic E-state index is -0.541. The minimum Gasteiger partial charge on any atom is -0.453 e. The van der Waals surface area contributed by atoms with E-state index < -0.39 is 17.0 Å². The number of H-pyrrole nitrogens is 1. The summed E-state index contributed by atoms with van der Waals surface area (Å²) in [6.07, 6.45) is 9.48. The summed E-state index contributed by atoms with van der Waals surface area (Å²) in [5.74, 6) is 0.164. The van der Waals surface area contributed by atoms with Gasteiger partial charge < -0.3 is 4.74 Å². The molecular formula is C30H25FN8O3. The molecule has 42 heavy (non-hydrogen) atoms. The number of ketones is 1. The van der Waals surface area contributed by atoms with Crippen LogP contribution in [0.1, 0.15) is 36.2 Å². The van der Waals surface area contributed by atoms with Crippen LogP contribution in [0.25, 0.3) is 33.2 Å². The van der Waals surface area contributed by atoms with E-state index in [9.17, 15) is 14.0 Å². The van der Waals surface area contributed by atoms with Gasteiger partial charge in [0.2, 0.25) is 5.43 Å². The molecule has 0 spiro atoms. The maximum absolute atomic E-state index is 13.5. The average molecular weight is 565 g/mol. The number of halogens is 1. The maximum Gasteiger partial charge on any atom is 0.219 e. The third kappa shape index (κ3) is 5.17. The molecule has 0 amide bonds. The van der Waals surface area contributed by atoms with Crippen LogP contribution >= 0.6 is 0 Å². The van der Waals surface area contributed by atoms with Crippen molar-refractivity contribution in [1.82, 2.24) is 39.7 Å². The molecule has 0 bridgehead atoms. The van der Waals surface area contributed by atoms with Crippen molar-refractivity contribution < 1.29 is 13.9 Å². The largest absolute Gasteiger partial charge is 0.453 e. The highest BCUT2D eigenvalue weighted by Gasteiger charge is 2.21. The van der Waals surface area contributed by atoms with Crippen LogP contribution in [-0.4, -0.2) is 45.5 Å². The van der Waals surface area contributed by atoms with E-state index in [-0.39, 0.29) is 29.5 Å². The van der Waals surface area contributed by atoms with Crippen molar-refractivity contribution in [1.29, 1.82) is 0 Å². The zero-order valence-corrected chi connectivity index (χ0v) is 22.9. The van der Waals surface area contributed by atoms with Gasteiger partial charge in [-0.05, 0) is 43.7 Å². The van der Waals surface area contributed by atoms with Gasteiger partial charge in [0, 0.05) is 47.6 Å². The summed E-state index contributed by atoms with van der Waals surface area (Å²) in [6.45, 7) is 3.76. The Labute approximate surface area is 238 Å². The molecule has 4 aromatic heterocycles. The fraction of sp³-hybridized carbons (Fsp3) is 0.167. The SMILES string of the molecule is CC(C)n1cc(-c2ccc(F)cc2)c(=O)c(C(=O)Cc2ncc(Oc3cc4cnn(C)c4cc3-c3cn[nH]c3)cn2)n1. The number of benzene rings is 2. The van der Waals surface area contributed by atoms with Crippen LogP contribution in [0.5, 0.6) is 11.5 Å². The molecule has 0 aliphatic rings. The van der Waals surface area contributed by atoms with Crippen LogP contribution in [0.15, 0.2) is 78.4 Å². The summed E-state index contributed by atoms with van der Waals surface area (Å²) < 4.78 is 22.9. The number of aryl methyl sites for hydroxylation is 1. The van der Waals surface area contributed by atoms with Gasteiger partial charge in [0.15, 0.2) is 17.2 Å². The Balaban J connectivity index is 1.26. The molecule has 6 aromatic rings. The summed E-state index contributed by atoms with van der Waals surface area (Å²) in [6, 6.07) is 9.24. The normalized spacial score (nSPS) is 11.4. The number of carbonyl (C=O) groups is 1. The van der Waals surface area contributed by atoms with E-state index in [4.69, 9.17) is 4.74 Å². The van der Waals surface area contributed by atoms with E-state index in [0.717, 1.165) is 22.0 Å². The lowest BCUT2D eigenvalue weighted by Crippen LogP contribution is -2.26. The number of aromatic amines is 1. The highest BCUT2D eigenvalue weighted by atomic mass is 19.1. The van der Waals surface area contributed by atoms with Gasteiger partial charge in [-0.3, -0.25) is 24.1 Å². The third-order valence-corrected chi connectivity index (χ3v) is 6.77. The number of aromatic nitrogens is 8. The summed E-state index contributed by atoms with van der Waals surface area (Å²) in [4.78, 5) is 35.2. The monoisotopic (exact) mass is 564 g/mol. The van der Waals surface area contributed by atoms with Crippen molar-refractivity contribution in [2.24, 2.45) is 7.05 Å². The highest BCUT2D eigenvalue weighted by molar-refractivity contribution is 5.96. The second-order valence-corrected chi connectivity index (χ2v) is 10.0. The molecule has 6 rings (SSSR count). The summed E-state index contributed by atoms with van der Waals surface area (Å²) >= 11 is 0. The summed E-state index contributed by atoms with van der Waals surface area (Å²) in [5, 5.41) is 16.4. The van der Waals surface area contributed by atoms with E-state index in [1.54, 1.807) is 34.2 Å². The van der Waals surface area contributed by atoms with E-state index in [0.29, 0.717) is 17.1 Å². The average Bonchev–Trinajstić information content (AvgIpc) is 3.64. The lowest BCUT2D eigenvalue weighted by atomic mass is 10.0. The molecule has 12 heteroatoms. The number of nitrogens with zero attached hydrogens (tertiary/aromatic N) is 7. The Morgan fingerprint density at radius 1 is 1.02 bits per heavy atom. The van der Waals surface area contributed by atoms with Crippen molar-refractivity contribution in [3.05, 3.63) is 101 Å². The molecule has 0 unspecified atom stereocenters. The molecule has 2 aromatic carbocycles. The standard InChI is InChI=1S/C30H25FN8O3/c1-17(2)39-16-24(18-4-6-21(31)7-5-18)30(41)29(37-39)26(40)10-28-32-14-22(15-33-28)42-27-8-19-13-36-38(3)25(19)9-23(27)20-11-34-35-12-20/h4-9,11-17H,10H2,1-3H3,(H,34,35). The first-order valence-corrected chi connectivity index (χ1v) is 13.1. The van der Waals surface area contributed by atoms with Crippen LogP contribution in [0.3, 0.4) is 0 Å². The number of fused-ring (bicyclic) bond motifs is 1. The van der Waals surface area contributed by atoms with Crippen LogP contribution in [0, 0.1) is 5.82 Å². The Kier molecular flexibility index (Phi) is 6.87. The Morgan fingerprint density at radius 2 is 1.79 bits per heavy atom. The zero-order valence-electron chi connectivity index (χ0n) is 22.9. The first-order chi connectivity index (χ1) is 20.3. The molecule has 1 N–H and O–H groups in total. The number of rotatable bonds is 8. The predicted octanol–water partition coefficient (Wildman–Crippen LogP) is 4.91. The molecule has 210 valence electrons. The van der Waals surface area contributed by atoms with Crippen LogP contribution in [0.2, 0.25) is 0 Å². The van der Waals surface area contributed by atoms with Gasteiger partial charge in [-0.15, -0.1) is 0 Å². The van der Waals surface area contributed by atoms with Crippen molar-refractivity contribution in [3.63, 3.8) is 0 Å². The van der Waals surface area contributed by atoms with Gasteiger partial charge in [-0.1, -0.05) is 12.1 Å². The number of carbonyl (C=O) groups excluding carboxylic acids is 1. The van der Waals surface area contributed by atoms with Gasteiger partial charge in [0.05, 0.1) is 36.7 Å². The summed E-state index contributed by atoms with van der Waals surface area (Å²) in [7, 11) is 1.86. The van der Waals surface area contributed by atoms with Gasteiger partial charge >= 0.3 is 0 Å². The third-order valence-electron chi connectivity index (χ3n) is 6.77. The molecule has 0 atom stereocenters. The molecule has 0 saturated carbocycles. The lowest BCUT2D eigenvalue weighted by molar-refractivity contribution is 0.0982. The Hall–Kier alpha value is -5.52. The van der Waals surface area contributed by atoms with Crippen molar-refractivity contribution in [2.75, 3.05) is 0 Å². The van der Waals surface area contributed by atoms with E-state index in [1.807, 2.05) is 33.0 Å². The fourth-order valence-electron chi connectivity index (χ4n) is 4.52. The molecule has 0 saturated heterocycles. The van der Waals surface area contributed by atoms with Gasteiger partial charge in [-0.25, -0.2) is 14.4 Å². The number of hydrogen-bond acceptors (Lipinski definition) is 8. The topological polar surface area (TPSA) is 133 Å². The Morgan fingerprint density at radius 3 is 2.48 bits per heavy atom. The molecule has 0 aliphatic heterocycles. The second-order valence-electron chi connectivity index (χ2n) is 10.0. The quantitative estimate of drug-likeness (QED) is 0.258. The number of Topliss-reactive ketones (excluding diaryl/α,β-unsaturated/α-hetero) is 1. The van der Waals surface area contributed by atoms with Crippen molar-refractivity contribution in [2.45, 2.75) is 26.3 Å². The van der Waals surface area contributed by atoms with Gasteiger partial charge in [0.25, 0.3) is 0 Å². The molecule has 0 radical (unpaired) electrons. The van der Waals surface area contributed by atoms with Crippen LogP contribution in [0.4, 0.5) is 4.39 Å². The summed E-state index contributed by atoms with van der Waals surface area (Å²) in [5.41, 5.74) is 2.53. The molecule has 0 aliphatic carbocycles. The van der Waals surface area contributed by atoms with Gasteiger partial charge in [0.1, 0.15) is 17.4 Å². The van der Waals surface area contributed by atoms with Crippen molar-refractivity contribution in [3.8, 4) is 33.8 Å². The highest BCUT2D eigenvalue weighted by Crippen LogP contribution is 2.36. The molecular weight excluding hydrogens is 539 g/mol. The minimum absolute atomic E-state index is 0.123. The van der Waals surface area contributed by atoms with Crippen molar-refractivity contribution >= 4 is 16.7 Å². The smallest absolute Gasteiger partial charge is 0.219 e. The number of hydrogen-bond donors (Lipinski definition) is 1. The fourth-order valence-corrected chi connectivity index (χ4v) is 4.52. The first kappa shape index (κ1) is 26.7. The van der Waals surface area contributed by atoms with Crippen LogP contribution in [-0.2, 0) is 13.5 Å². The van der Waals surface area contributed by atoms with E-state index in [1.165, 1.54) is 36.7 Å². The van der Waals surface area contributed by atoms with E-state index in [2.05, 4.69) is 30.4 Å². The maximum atomic E-state index is 13.5.